The molecular formula is C12H17F2NO. The molecule has 2 nitrogen and oxygen atoms in total. The van der Waals surface area contributed by atoms with Crippen LogP contribution in [0, 0.1) is 18.6 Å². The Hall–Kier alpha value is -1.00. The van der Waals surface area contributed by atoms with Gasteiger partial charge in [0.15, 0.2) is 11.6 Å². The summed E-state index contributed by atoms with van der Waals surface area (Å²) in [4.78, 5) is 0. The van der Waals surface area contributed by atoms with E-state index in [1.165, 1.54) is 0 Å². The number of nitrogens with one attached hydrogen (secondary N) is 1. The van der Waals surface area contributed by atoms with Crippen molar-refractivity contribution in [1.82, 2.24) is 5.32 Å². The number of hydrogen-bond acceptors (Lipinski definition) is 2. The van der Waals surface area contributed by atoms with Crippen molar-refractivity contribution in [3.8, 4) is 0 Å². The highest BCUT2D eigenvalue weighted by molar-refractivity contribution is 5.27. The molecule has 1 N–H and O–H groups in total. The first-order valence-electron chi connectivity index (χ1n) is 5.31. The second kappa shape index (κ2) is 5.92. The molecule has 0 aromatic heterocycles. The van der Waals surface area contributed by atoms with Crippen molar-refractivity contribution >= 4 is 0 Å². The van der Waals surface area contributed by atoms with Gasteiger partial charge in [-0.15, -0.1) is 0 Å². The molecule has 0 aliphatic rings. The van der Waals surface area contributed by atoms with Gasteiger partial charge in [0.1, 0.15) is 0 Å². The lowest BCUT2D eigenvalue weighted by Crippen LogP contribution is -2.23. The van der Waals surface area contributed by atoms with Crippen LogP contribution in [0.25, 0.3) is 0 Å². The minimum atomic E-state index is -0.793. The Bertz CT molecular complexity index is 355. The lowest BCUT2D eigenvalue weighted by molar-refractivity contribution is 0.124. The summed E-state index contributed by atoms with van der Waals surface area (Å²) in [6.07, 6.45) is 0. The molecule has 0 saturated heterocycles. The fraction of sp³-hybridized carbons (Fsp3) is 0.500. The molecule has 4 heteroatoms. The van der Waals surface area contributed by atoms with Crippen LogP contribution in [-0.2, 0) is 4.74 Å². The van der Waals surface area contributed by atoms with Crippen molar-refractivity contribution in [2.45, 2.75) is 19.9 Å². The summed E-state index contributed by atoms with van der Waals surface area (Å²) in [5, 5.41) is 2.91. The van der Waals surface area contributed by atoms with Crippen LogP contribution in [0.5, 0.6) is 0 Å². The normalized spacial score (nSPS) is 12.8. The molecule has 0 amide bonds. The van der Waals surface area contributed by atoms with Gasteiger partial charge in [0.25, 0.3) is 0 Å². The van der Waals surface area contributed by atoms with Crippen LogP contribution in [0.1, 0.15) is 24.1 Å². The van der Waals surface area contributed by atoms with E-state index in [0.717, 1.165) is 0 Å². The summed E-state index contributed by atoms with van der Waals surface area (Å²) in [6, 6.07) is 2.84. The molecule has 1 aromatic carbocycles. The number of ether oxygens (including phenoxy) is 1. The molecule has 1 rings (SSSR count). The van der Waals surface area contributed by atoms with Gasteiger partial charge >= 0.3 is 0 Å². The van der Waals surface area contributed by atoms with Crippen molar-refractivity contribution in [2.24, 2.45) is 0 Å². The Morgan fingerprint density at radius 2 is 2.00 bits per heavy atom. The Labute approximate surface area is 94.6 Å². The Kier molecular flexibility index (Phi) is 4.83. The molecule has 0 aliphatic heterocycles. The minimum Gasteiger partial charge on any atom is -0.380 e. The Morgan fingerprint density at radius 3 is 2.56 bits per heavy atom. The minimum absolute atomic E-state index is 0.305. The molecule has 1 aromatic rings. The van der Waals surface area contributed by atoms with Crippen molar-refractivity contribution in [3.05, 3.63) is 34.9 Å². The maximum atomic E-state index is 13.7. The molecule has 1 unspecified atom stereocenters. The maximum absolute atomic E-state index is 13.7. The maximum Gasteiger partial charge on any atom is 0.163 e. The fourth-order valence-corrected chi connectivity index (χ4v) is 1.49. The molecule has 0 radical (unpaired) electrons. The van der Waals surface area contributed by atoms with E-state index in [9.17, 15) is 8.78 Å². The number of aryl methyl sites for hydroxylation is 1. The number of hydrogen-bond donors (Lipinski definition) is 1. The van der Waals surface area contributed by atoms with Gasteiger partial charge < -0.3 is 10.1 Å². The second-order valence-corrected chi connectivity index (χ2v) is 3.60. The summed E-state index contributed by atoms with van der Waals surface area (Å²) in [6.45, 7) is 4.28. The van der Waals surface area contributed by atoms with Crippen molar-refractivity contribution in [3.63, 3.8) is 0 Å². The summed E-state index contributed by atoms with van der Waals surface area (Å²) >= 11 is 0. The Morgan fingerprint density at radius 1 is 1.31 bits per heavy atom. The van der Waals surface area contributed by atoms with Gasteiger partial charge in [-0.25, -0.2) is 8.78 Å². The molecule has 90 valence electrons. The zero-order valence-electron chi connectivity index (χ0n) is 9.81. The average Bonchev–Trinajstić information content (AvgIpc) is 2.29. The highest BCUT2D eigenvalue weighted by Gasteiger charge is 2.18. The summed E-state index contributed by atoms with van der Waals surface area (Å²) in [5.41, 5.74) is 0.617. The first kappa shape index (κ1) is 13.1. The standard InChI is InChI=1S/C12H17F2NO/c1-4-16-7-10(15-3)9-6-5-8(2)11(13)12(9)14/h5-6,10,15H,4,7H2,1-3H3. The van der Waals surface area contributed by atoms with Crippen molar-refractivity contribution in [2.75, 3.05) is 20.3 Å². The third-order valence-corrected chi connectivity index (χ3v) is 2.52. The quantitative estimate of drug-likeness (QED) is 0.837. The van der Waals surface area contributed by atoms with Crippen molar-refractivity contribution in [1.29, 1.82) is 0 Å². The predicted octanol–water partition coefficient (Wildman–Crippen LogP) is 2.57. The predicted molar refractivity (Wildman–Crippen MR) is 59.4 cm³/mol. The zero-order valence-corrected chi connectivity index (χ0v) is 9.81. The third-order valence-electron chi connectivity index (χ3n) is 2.52. The lowest BCUT2D eigenvalue weighted by Gasteiger charge is -2.17. The Balaban J connectivity index is 2.96. The van der Waals surface area contributed by atoms with Gasteiger partial charge in [-0.3, -0.25) is 0 Å². The van der Waals surface area contributed by atoms with Gasteiger partial charge in [-0.05, 0) is 26.5 Å². The number of rotatable bonds is 5. The highest BCUT2D eigenvalue weighted by Crippen LogP contribution is 2.21. The number of benzene rings is 1. The molecule has 0 saturated carbocycles. The lowest BCUT2D eigenvalue weighted by atomic mass is 10.0. The number of halogens is 2. The molecule has 16 heavy (non-hydrogen) atoms. The molecule has 0 fully saturated rings. The van der Waals surface area contributed by atoms with Crippen LogP contribution < -0.4 is 5.32 Å². The first-order chi connectivity index (χ1) is 7.61. The average molecular weight is 229 g/mol. The number of likely N-dealkylation sites (N-methyl/N-ethyl adjacent to an activating group) is 1. The van der Waals surface area contributed by atoms with Gasteiger partial charge in [0, 0.05) is 12.2 Å². The first-order valence-corrected chi connectivity index (χ1v) is 5.31. The summed E-state index contributed by atoms with van der Waals surface area (Å²) < 4.78 is 32.2. The van der Waals surface area contributed by atoms with Crippen LogP contribution >= 0.6 is 0 Å². The molecule has 0 heterocycles. The van der Waals surface area contributed by atoms with Crippen LogP contribution in [0.3, 0.4) is 0 Å². The van der Waals surface area contributed by atoms with Gasteiger partial charge in [0.2, 0.25) is 0 Å². The van der Waals surface area contributed by atoms with Crippen LogP contribution in [-0.4, -0.2) is 20.3 Å². The molecule has 1 atom stereocenters. The largest absolute Gasteiger partial charge is 0.380 e. The van der Waals surface area contributed by atoms with E-state index < -0.39 is 11.6 Å². The molecule has 0 aliphatic carbocycles. The van der Waals surface area contributed by atoms with E-state index in [-0.39, 0.29) is 6.04 Å². The molecule has 0 bridgehead atoms. The van der Waals surface area contributed by atoms with E-state index in [1.54, 1.807) is 26.1 Å². The van der Waals surface area contributed by atoms with Crippen LogP contribution in [0.15, 0.2) is 12.1 Å². The van der Waals surface area contributed by atoms with Gasteiger partial charge in [-0.1, -0.05) is 12.1 Å². The zero-order chi connectivity index (χ0) is 12.1. The van der Waals surface area contributed by atoms with E-state index in [2.05, 4.69) is 5.32 Å². The summed E-state index contributed by atoms with van der Waals surface area (Å²) in [7, 11) is 1.70. The summed E-state index contributed by atoms with van der Waals surface area (Å²) in [5.74, 6) is -1.58. The van der Waals surface area contributed by atoms with Crippen molar-refractivity contribution < 1.29 is 13.5 Å². The smallest absolute Gasteiger partial charge is 0.163 e. The van der Waals surface area contributed by atoms with Gasteiger partial charge in [-0.2, -0.15) is 0 Å². The SMILES string of the molecule is CCOCC(NC)c1ccc(C)c(F)c1F. The van der Waals surface area contributed by atoms with Gasteiger partial charge in [0.05, 0.1) is 12.6 Å². The molecule has 0 spiro atoms. The second-order valence-electron chi connectivity index (χ2n) is 3.60. The topological polar surface area (TPSA) is 21.3 Å². The van der Waals surface area contributed by atoms with E-state index in [1.807, 2.05) is 6.92 Å². The van der Waals surface area contributed by atoms with Crippen LogP contribution in [0.4, 0.5) is 8.78 Å². The third kappa shape index (κ3) is 2.77. The molecular weight excluding hydrogens is 212 g/mol. The van der Waals surface area contributed by atoms with E-state index in [4.69, 9.17) is 4.74 Å². The van der Waals surface area contributed by atoms with E-state index >= 15 is 0 Å². The monoisotopic (exact) mass is 229 g/mol. The van der Waals surface area contributed by atoms with E-state index in [0.29, 0.717) is 24.3 Å². The van der Waals surface area contributed by atoms with Crippen LogP contribution in [0.2, 0.25) is 0 Å². The fourth-order valence-electron chi connectivity index (χ4n) is 1.49. The highest BCUT2D eigenvalue weighted by atomic mass is 19.2.